The lowest BCUT2D eigenvalue weighted by atomic mass is 9.90. The van der Waals surface area contributed by atoms with E-state index in [1.165, 1.54) is 0 Å². The molecule has 2 saturated heterocycles. The van der Waals surface area contributed by atoms with E-state index in [-0.39, 0.29) is 17.7 Å². The number of ether oxygens (including phenoxy) is 1. The molecule has 2 fully saturated rings. The predicted octanol–water partition coefficient (Wildman–Crippen LogP) is 2.32. The molecule has 2 unspecified atom stereocenters. The van der Waals surface area contributed by atoms with E-state index in [4.69, 9.17) is 10.5 Å². The van der Waals surface area contributed by atoms with Crippen LogP contribution in [0.25, 0.3) is 0 Å². The number of urea groups is 1. The van der Waals surface area contributed by atoms with Gasteiger partial charge in [-0.1, -0.05) is 18.2 Å². The first kappa shape index (κ1) is 15.6. The molecule has 1 aromatic rings. The quantitative estimate of drug-likeness (QED) is 0.798. The summed E-state index contributed by atoms with van der Waals surface area (Å²) in [6.07, 6.45) is 2.87. The second-order valence-electron chi connectivity index (χ2n) is 5.98. The summed E-state index contributed by atoms with van der Waals surface area (Å²) in [4.78, 5) is 12.2. The van der Waals surface area contributed by atoms with Gasteiger partial charge in [0.25, 0.3) is 0 Å². The van der Waals surface area contributed by atoms with Gasteiger partial charge in [0, 0.05) is 30.6 Å². The number of amides is 2. The molecule has 0 radical (unpaired) electrons. The molecular formula is C16H23N3O2S. The van der Waals surface area contributed by atoms with Crippen LogP contribution in [0.1, 0.15) is 24.8 Å². The van der Waals surface area contributed by atoms with Crippen molar-refractivity contribution in [2.75, 3.05) is 23.4 Å². The van der Waals surface area contributed by atoms with Crippen LogP contribution >= 0.6 is 11.8 Å². The lowest BCUT2D eigenvalue weighted by Gasteiger charge is -2.38. The van der Waals surface area contributed by atoms with Crippen molar-refractivity contribution in [2.24, 2.45) is 5.73 Å². The number of anilines is 1. The Hall–Kier alpha value is -1.24. The standard InChI is InChI=1S/C16H23N3O2S/c17-10-12-3-1-2-4-14(12)19-15(20)18-13-5-7-21-16(9-13)6-8-22-11-16/h1-4,13H,5-11,17H2,(H2,18,19,20). The van der Waals surface area contributed by atoms with Gasteiger partial charge in [0.2, 0.25) is 0 Å². The fraction of sp³-hybridized carbons (Fsp3) is 0.562. The first-order chi connectivity index (χ1) is 10.7. The highest BCUT2D eigenvalue weighted by atomic mass is 32.2. The highest BCUT2D eigenvalue weighted by Gasteiger charge is 2.40. The average Bonchev–Trinajstić information content (AvgIpc) is 2.95. The van der Waals surface area contributed by atoms with E-state index in [0.29, 0.717) is 6.54 Å². The second-order valence-corrected chi connectivity index (χ2v) is 7.09. The molecule has 3 rings (SSSR count). The molecule has 2 aliphatic rings. The Morgan fingerprint density at radius 1 is 1.45 bits per heavy atom. The summed E-state index contributed by atoms with van der Waals surface area (Å²) in [5.41, 5.74) is 7.40. The fourth-order valence-corrected chi connectivity index (χ4v) is 4.56. The fourth-order valence-electron chi connectivity index (χ4n) is 3.18. The summed E-state index contributed by atoms with van der Waals surface area (Å²) in [5, 5.41) is 6.00. The van der Waals surface area contributed by atoms with Gasteiger partial charge >= 0.3 is 6.03 Å². The maximum atomic E-state index is 12.2. The van der Waals surface area contributed by atoms with E-state index in [1.807, 2.05) is 36.0 Å². The first-order valence-electron chi connectivity index (χ1n) is 7.78. The first-order valence-corrected chi connectivity index (χ1v) is 8.93. The van der Waals surface area contributed by atoms with Crippen LogP contribution < -0.4 is 16.4 Å². The molecule has 2 aliphatic heterocycles. The molecule has 2 heterocycles. The van der Waals surface area contributed by atoms with E-state index in [1.54, 1.807) is 0 Å². The summed E-state index contributed by atoms with van der Waals surface area (Å²) >= 11 is 1.94. The number of carbonyl (C=O) groups is 1. The molecule has 5 nitrogen and oxygen atoms in total. The van der Waals surface area contributed by atoms with Gasteiger partial charge in [-0.15, -0.1) is 0 Å². The van der Waals surface area contributed by atoms with Crippen LogP contribution in [0.3, 0.4) is 0 Å². The molecule has 2 atom stereocenters. The molecule has 1 spiro atoms. The Morgan fingerprint density at radius 2 is 2.32 bits per heavy atom. The zero-order chi connectivity index (χ0) is 15.4. The number of benzene rings is 1. The van der Waals surface area contributed by atoms with Crippen LogP contribution in [-0.4, -0.2) is 35.8 Å². The normalized spacial score (nSPS) is 27.8. The smallest absolute Gasteiger partial charge is 0.319 e. The highest BCUT2D eigenvalue weighted by molar-refractivity contribution is 7.99. The van der Waals surface area contributed by atoms with Gasteiger partial charge in [-0.05, 0) is 36.6 Å². The Morgan fingerprint density at radius 3 is 3.09 bits per heavy atom. The number of hydrogen-bond acceptors (Lipinski definition) is 4. The molecule has 0 aliphatic carbocycles. The maximum Gasteiger partial charge on any atom is 0.319 e. The van der Waals surface area contributed by atoms with Crippen molar-refractivity contribution in [3.63, 3.8) is 0 Å². The minimum atomic E-state index is -0.159. The monoisotopic (exact) mass is 321 g/mol. The van der Waals surface area contributed by atoms with E-state index in [2.05, 4.69) is 10.6 Å². The van der Waals surface area contributed by atoms with Gasteiger partial charge in [0.15, 0.2) is 0 Å². The van der Waals surface area contributed by atoms with Crippen LogP contribution in [0.5, 0.6) is 0 Å². The van der Waals surface area contributed by atoms with Crippen LogP contribution in [0.2, 0.25) is 0 Å². The number of carbonyl (C=O) groups excluding carboxylic acids is 1. The zero-order valence-electron chi connectivity index (χ0n) is 12.6. The van der Waals surface area contributed by atoms with E-state index in [9.17, 15) is 4.79 Å². The number of thioether (sulfide) groups is 1. The Bertz CT molecular complexity index is 532. The van der Waals surface area contributed by atoms with Crippen LogP contribution in [0.15, 0.2) is 24.3 Å². The van der Waals surface area contributed by atoms with Gasteiger partial charge in [0.1, 0.15) is 0 Å². The molecule has 0 saturated carbocycles. The van der Waals surface area contributed by atoms with E-state index >= 15 is 0 Å². The minimum Gasteiger partial charge on any atom is -0.374 e. The van der Waals surface area contributed by atoms with Crippen molar-refractivity contribution in [1.29, 1.82) is 0 Å². The zero-order valence-corrected chi connectivity index (χ0v) is 13.5. The number of para-hydroxylation sites is 1. The lowest BCUT2D eigenvalue weighted by molar-refractivity contribution is -0.0682. The van der Waals surface area contributed by atoms with Crippen molar-refractivity contribution >= 4 is 23.5 Å². The summed E-state index contributed by atoms with van der Waals surface area (Å²) in [6, 6.07) is 7.64. The van der Waals surface area contributed by atoms with E-state index < -0.39 is 0 Å². The molecule has 22 heavy (non-hydrogen) atoms. The topological polar surface area (TPSA) is 76.4 Å². The van der Waals surface area contributed by atoms with Gasteiger partial charge < -0.3 is 21.1 Å². The molecule has 2 amide bonds. The molecule has 0 aromatic heterocycles. The van der Waals surface area contributed by atoms with Crippen molar-refractivity contribution < 1.29 is 9.53 Å². The van der Waals surface area contributed by atoms with Gasteiger partial charge in [-0.3, -0.25) is 0 Å². The minimum absolute atomic E-state index is 0.0178. The molecular weight excluding hydrogens is 298 g/mol. The van der Waals surface area contributed by atoms with E-state index in [0.717, 1.165) is 48.6 Å². The molecule has 6 heteroatoms. The third-order valence-corrected chi connectivity index (χ3v) is 5.60. The Balaban J connectivity index is 1.57. The third kappa shape index (κ3) is 3.56. The third-order valence-electron chi connectivity index (χ3n) is 4.38. The second kappa shape index (κ2) is 6.89. The van der Waals surface area contributed by atoms with Gasteiger partial charge in [-0.2, -0.15) is 11.8 Å². The van der Waals surface area contributed by atoms with Crippen LogP contribution in [0.4, 0.5) is 10.5 Å². The molecule has 4 N–H and O–H groups in total. The highest BCUT2D eigenvalue weighted by Crippen LogP contribution is 2.38. The Labute approximate surface area is 135 Å². The van der Waals surface area contributed by atoms with Gasteiger partial charge in [0.05, 0.1) is 5.60 Å². The largest absolute Gasteiger partial charge is 0.374 e. The summed E-state index contributed by atoms with van der Waals surface area (Å²) in [6.45, 7) is 1.14. The molecule has 1 aromatic carbocycles. The summed E-state index contributed by atoms with van der Waals surface area (Å²) in [7, 11) is 0. The Kier molecular flexibility index (Phi) is 4.90. The molecule has 0 bridgehead atoms. The molecule has 120 valence electrons. The van der Waals surface area contributed by atoms with Crippen molar-refractivity contribution in [2.45, 2.75) is 37.5 Å². The number of hydrogen-bond donors (Lipinski definition) is 3. The van der Waals surface area contributed by atoms with Crippen LogP contribution in [-0.2, 0) is 11.3 Å². The SMILES string of the molecule is NCc1ccccc1NC(=O)NC1CCOC2(CCSC2)C1. The van der Waals surface area contributed by atoms with Crippen molar-refractivity contribution in [1.82, 2.24) is 5.32 Å². The predicted molar refractivity (Wildman–Crippen MR) is 90.1 cm³/mol. The average molecular weight is 321 g/mol. The number of nitrogens with two attached hydrogens (primary N) is 1. The lowest BCUT2D eigenvalue weighted by Crippen LogP contribution is -2.49. The number of nitrogens with one attached hydrogen (secondary N) is 2. The van der Waals surface area contributed by atoms with Crippen molar-refractivity contribution in [3.8, 4) is 0 Å². The number of rotatable bonds is 3. The summed E-state index contributed by atoms with van der Waals surface area (Å²) < 4.78 is 5.98. The van der Waals surface area contributed by atoms with Gasteiger partial charge in [-0.25, -0.2) is 4.79 Å². The van der Waals surface area contributed by atoms with Crippen LogP contribution in [0, 0.1) is 0 Å². The summed E-state index contributed by atoms with van der Waals surface area (Å²) in [5.74, 6) is 2.20. The maximum absolute atomic E-state index is 12.2. The van der Waals surface area contributed by atoms with Crippen molar-refractivity contribution in [3.05, 3.63) is 29.8 Å².